The quantitative estimate of drug-likeness (QED) is 0.290. The van der Waals surface area contributed by atoms with Crippen LogP contribution in [0.5, 0.6) is 5.75 Å². The van der Waals surface area contributed by atoms with Crippen LogP contribution in [0.1, 0.15) is 16.8 Å². The van der Waals surface area contributed by atoms with Gasteiger partial charge in [0.05, 0.1) is 25.7 Å². The highest BCUT2D eigenvalue weighted by atomic mass is 31.2. The zero-order valence-corrected chi connectivity index (χ0v) is 12.3. The summed E-state index contributed by atoms with van der Waals surface area (Å²) in [4.78, 5) is 37.8. The molecule has 122 valence electrons. The molecule has 10 nitrogen and oxygen atoms in total. The minimum absolute atomic E-state index is 0.0914. The average molecular weight is 333 g/mol. The van der Waals surface area contributed by atoms with Crippen LogP contribution in [0.3, 0.4) is 0 Å². The summed E-state index contributed by atoms with van der Waals surface area (Å²) in [6.07, 6.45) is 2.36. The molecule has 0 unspecified atom stereocenters. The second-order valence-electron chi connectivity index (χ2n) is 4.23. The molecule has 1 aromatic rings. The molecule has 0 fully saturated rings. The Morgan fingerprint density at radius 3 is 2.73 bits per heavy atom. The van der Waals surface area contributed by atoms with E-state index in [1.807, 2.05) is 0 Å². The number of aryl methyl sites for hydroxylation is 1. The topological polar surface area (TPSA) is 177 Å². The van der Waals surface area contributed by atoms with Gasteiger partial charge in [0.2, 0.25) is 0 Å². The van der Waals surface area contributed by atoms with Crippen LogP contribution in [0.4, 0.5) is 0 Å². The van der Waals surface area contributed by atoms with E-state index in [-0.39, 0.29) is 22.6 Å². The highest BCUT2D eigenvalue weighted by Crippen LogP contribution is 2.24. The first-order chi connectivity index (χ1) is 10.2. The molecule has 1 atom stereocenters. The lowest BCUT2D eigenvalue weighted by atomic mass is 10.1. The van der Waals surface area contributed by atoms with Crippen molar-refractivity contribution in [1.29, 1.82) is 0 Å². The Morgan fingerprint density at radius 2 is 2.23 bits per heavy atom. The summed E-state index contributed by atoms with van der Waals surface area (Å²) in [6, 6.07) is -1.55. The zero-order chi connectivity index (χ0) is 16.9. The van der Waals surface area contributed by atoms with Gasteiger partial charge in [-0.05, 0) is 6.92 Å². The maximum Gasteiger partial charge on any atom is 0.375 e. The molecule has 0 aliphatic heterocycles. The number of nitrogens with zero attached hydrogens (tertiary/aromatic N) is 1. The van der Waals surface area contributed by atoms with Gasteiger partial charge in [0.1, 0.15) is 12.4 Å². The maximum absolute atomic E-state index is 11.0. The van der Waals surface area contributed by atoms with Crippen molar-refractivity contribution in [2.75, 3.05) is 6.61 Å². The number of aliphatic carboxylic acids is 1. The molecule has 0 aromatic carbocycles. The number of hydrogen-bond acceptors (Lipinski definition) is 8. The first-order valence-electron chi connectivity index (χ1n) is 5.92. The molecule has 1 heterocycles. The molecular weight excluding hydrogens is 319 g/mol. The van der Waals surface area contributed by atoms with Crippen molar-refractivity contribution in [3.8, 4) is 5.75 Å². The van der Waals surface area contributed by atoms with Crippen molar-refractivity contribution < 1.29 is 44.0 Å². The van der Waals surface area contributed by atoms with Gasteiger partial charge in [0, 0.05) is 11.8 Å². The summed E-state index contributed by atoms with van der Waals surface area (Å²) < 4.78 is 14.3. The SMILES string of the molecule is Cc1ncc(CO)c(C=[NH+][C@@H](COP(=O)([O-])[O-])C(=O)O)c1O. The smallest absolute Gasteiger partial charge is 0.375 e. The van der Waals surface area contributed by atoms with Crippen molar-refractivity contribution in [3.63, 3.8) is 0 Å². The number of aromatic hydroxyl groups is 1. The van der Waals surface area contributed by atoms with Gasteiger partial charge in [-0.3, -0.25) is 4.98 Å². The summed E-state index contributed by atoms with van der Waals surface area (Å²) in [5, 5.41) is 27.9. The first kappa shape index (κ1) is 18.2. The Kier molecular flexibility index (Phi) is 6.15. The zero-order valence-electron chi connectivity index (χ0n) is 11.4. The molecule has 0 aliphatic carbocycles. The van der Waals surface area contributed by atoms with Crippen molar-refractivity contribution in [2.45, 2.75) is 19.6 Å². The molecule has 0 saturated heterocycles. The van der Waals surface area contributed by atoms with E-state index < -0.39 is 33.0 Å². The Morgan fingerprint density at radius 1 is 1.59 bits per heavy atom. The van der Waals surface area contributed by atoms with Crippen LogP contribution in [0.15, 0.2) is 6.20 Å². The van der Waals surface area contributed by atoms with Crippen molar-refractivity contribution in [1.82, 2.24) is 4.98 Å². The number of pyridine rings is 1. The van der Waals surface area contributed by atoms with Crippen molar-refractivity contribution in [2.24, 2.45) is 0 Å². The van der Waals surface area contributed by atoms with Gasteiger partial charge in [-0.2, -0.15) is 0 Å². The van der Waals surface area contributed by atoms with E-state index in [9.17, 15) is 24.3 Å². The fourth-order valence-electron chi connectivity index (χ4n) is 1.48. The number of phosphoric ester groups is 1. The van der Waals surface area contributed by atoms with Gasteiger partial charge >= 0.3 is 5.97 Å². The third-order valence-corrected chi connectivity index (χ3v) is 3.12. The fraction of sp³-hybridized carbons (Fsp3) is 0.364. The Labute approximate surface area is 125 Å². The first-order valence-corrected chi connectivity index (χ1v) is 7.38. The lowest BCUT2D eigenvalue weighted by Gasteiger charge is -2.28. The third-order valence-electron chi connectivity index (χ3n) is 2.65. The predicted molar refractivity (Wildman–Crippen MR) is 67.7 cm³/mol. The molecule has 1 aromatic heterocycles. The Bertz CT molecular complexity index is 627. The predicted octanol–water partition coefficient (Wildman–Crippen LogP) is -3.61. The number of carboxylic acids is 1. The molecule has 0 spiro atoms. The average Bonchev–Trinajstić information content (AvgIpc) is 2.41. The van der Waals surface area contributed by atoms with Crippen LogP contribution in [0.2, 0.25) is 0 Å². The van der Waals surface area contributed by atoms with E-state index in [0.717, 1.165) is 6.21 Å². The van der Waals surface area contributed by atoms with Gasteiger partial charge < -0.3 is 34.2 Å². The minimum atomic E-state index is -5.30. The van der Waals surface area contributed by atoms with Crippen LogP contribution in [-0.4, -0.2) is 45.1 Å². The second-order valence-corrected chi connectivity index (χ2v) is 5.39. The lowest BCUT2D eigenvalue weighted by Crippen LogP contribution is -2.80. The molecule has 0 saturated carbocycles. The molecule has 0 bridgehead atoms. The van der Waals surface area contributed by atoms with Gasteiger partial charge in [0.25, 0.3) is 6.04 Å². The highest BCUT2D eigenvalue weighted by molar-refractivity contribution is 7.43. The number of aromatic nitrogens is 1. The summed E-state index contributed by atoms with van der Waals surface area (Å²) in [6.45, 7) is 0.116. The van der Waals surface area contributed by atoms with Crippen LogP contribution >= 0.6 is 7.82 Å². The summed E-state index contributed by atoms with van der Waals surface area (Å²) in [5.41, 5.74) is 0.560. The highest BCUT2D eigenvalue weighted by Gasteiger charge is 2.23. The molecule has 0 radical (unpaired) electrons. The van der Waals surface area contributed by atoms with Gasteiger partial charge in [-0.25, -0.2) is 9.79 Å². The van der Waals surface area contributed by atoms with E-state index in [4.69, 9.17) is 10.2 Å². The normalized spacial score (nSPS) is 13.5. The van der Waals surface area contributed by atoms with E-state index in [1.54, 1.807) is 0 Å². The second kappa shape index (κ2) is 7.43. The number of rotatable bonds is 7. The summed E-state index contributed by atoms with van der Waals surface area (Å²) in [5.74, 6) is -1.75. The lowest BCUT2D eigenvalue weighted by molar-refractivity contribution is -0.489. The number of phosphoric acid groups is 1. The molecule has 22 heavy (non-hydrogen) atoms. The third kappa shape index (κ3) is 5.17. The van der Waals surface area contributed by atoms with Gasteiger partial charge in [0.15, 0.2) is 6.21 Å². The standard InChI is InChI=1S/C11H15N2O8P/c1-6-10(15)8(7(4-14)2-12-6)3-13-9(11(16)17)5-21-22(18,19)20/h2-3,9,14-15H,4-5H2,1H3,(H,16,17)(H2,18,19,20)/p-1/t9-/m0/s1. The van der Waals surface area contributed by atoms with Gasteiger partial charge in [-0.15, -0.1) is 0 Å². The minimum Gasteiger partial charge on any atom is -0.790 e. The van der Waals surface area contributed by atoms with Crippen LogP contribution in [0, 0.1) is 6.92 Å². The summed E-state index contributed by atoms with van der Waals surface area (Å²) >= 11 is 0. The number of carboxylic acid groups (broad SMARTS) is 1. The van der Waals surface area contributed by atoms with Crippen LogP contribution in [0.25, 0.3) is 0 Å². The van der Waals surface area contributed by atoms with E-state index >= 15 is 0 Å². The van der Waals surface area contributed by atoms with Crippen LogP contribution in [-0.2, 0) is 20.5 Å². The number of nitrogens with one attached hydrogen (secondary N) is 1. The number of hydrogen-bond donors (Lipinski definition) is 4. The van der Waals surface area contributed by atoms with Crippen molar-refractivity contribution in [3.05, 3.63) is 23.0 Å². The number of aliphatic hydroxyl groups excluding tert-OH is 1. The summed E-state index contributed by atoms with van der Waals surface area (Å²) in [7, 11) is -5.30. The Balaban J connectivity index is 3.03. The molecule has 0 amide bonds. The molecule has 1 rings (SSSR count). The van der Waals surface area contributed by atoms with E-state index in [1.165, 1.54) is 13.1 Å². The number of aliphatic hydroxyl groups is 1. The molecule has 11 heteroatoms. The molecule has 4 N–H and O–H groups in total. The van der Waals surface area contributed by atoms with E-state index in [0.29, 0.717) is 0 Å². The van der Waals surface area contributed by atoms with Crippen molar-refractivity contribution >= 4 is 20.0 Å². The largest absolute Gasteiger partial charge is 0.790 e. The fourth-order valence-corrected chi connectivity index (χ4v) is 1.81. The van der Waals surface area contributed by atoms with E-state index in [2.05, 4.69) is 14.5 Å². The van der Waals surface area contributed by atoms with Crippen LogP contribution < -0.4 is 14.8 Å². The number of carbonyl (C=O) groups is 1. The monoisotopic (exact) mass is 333 g/mol. The maximum atomic E-state index is 11.0. The van der Waals surface area contributed by atoms with Gasteiger partial charge in [-0.1, -0.05) is 0 Å². The Hall–Kier alpha value is -1.84. The molecule has 0 aliphatic rings. The molecular formula is C11H14N2O8P-.